The Morgan fingerprint density at radius 1 is 1.25 bits per heavy atom. The number of fused-ring (bicyclic) bond motifs is 1. The lowest BCUT2D eigenvalue weighted by Crippen LogP contribution is -2.29. The molecule has 0 saturated heterocycles. The Morgan fingerprint density at radius 2 is 1.95 bits per heavy atom. The van der Waals surface area contributed by atoms with Gasteiger partial charge in [0.25, 0.3) is 0 Å². The van der Waals surface area contributed by atoms with Gasteiger partial charge in [-0.2, -0.15) is 0 Å². The third-order valence-electron chi connectivity index (χ3n) is 3.78. The Hall–Kier alpha value is -2.07. The van der Waals surface area contributed by atoms with Crippen molar-refractivity contribution in [1.82, 2.24) is 10.3 Å². The predicted molar refractivity (Wildman–Crippen MR) is 76.6 cm³/mol. The summed E-state index contributed by atoms with van der Waals surface area (Å²) >= 11 is 0. The van der Waals surface area contributed by atoms with Crippen molar-refractivity contribution in [3.8, 4) is 0 Å². The molecule has 3 rings (SSSR count). The van der Waals surface area contributed by atoms with E-state index in [0.29, 0.717) is 11.7 Å². The van der Waals surface area contributed by atoms with Crippen LogP contribution in [-0.4, -0.2) is 24.1 Å². The zero-order chi connectivity index (χ0) is 13.9. The van der Waals surface area contributed by atoms with Gasteiger partial charge in [-0.1, -0.05) is 24.3 Å². The molecule has 0 amide bonds. The molecule has 0 saturated carbocycles. The molecule has 0 bridgehead atoms. The summed E-state index contributed by atoms with van der Waals surface area (Å²) in [5.74, 6) is -0.329. The van der Waals surface area contributed by atoms with E-state index in [-0.39, 0.29) is 5.97 Å². The van der Waals surface area contributed by atoms with E-state index in [9.17, 15) is 4.79 Å². The van der Waals surface area contributed by atoms with Crippen molar-refractivity contribution < 1.29 is 9.53 Å². The number of aromatic nitrogens is 1. The number of methoxy groups -OCH3 is 1. The highest BCUT2D eigenvalue weighted by molar-refractivity contribution is 5.87. The van der Waals surface area contributed by atoms with Crippen LogP contribution in [0.5, 0.6) is 0 Å². The predicted octanol–water partition coefficient (Wildman–Crippen LogP) is 2.06. The van der Waals surface area contributed by atoms with Crippen LogP contribution in [0.4, 0.5) is 0 Å². The SMILES string of the molecule is COC(=O)c1ccc(CNC2Cc3ccccc3C2)[nH]1. The van der Waals surface area contributed by atoms with Crippen LogP contribution in [0.15, 0.2) is 36.4 Å². The quantitative estimate of drug-likeness (QED) is 0.836. The zero-order valence-electron chi connectivity index (χ0n) is 11.5. The van der Waals surface area contributed by atoms with Crippen LogP contribution in [0.1, 0.15) is 27.3 Å². The van der Waals surface area contributed by atoms with Gasteiger partial charge in [-0.25, -0.2) is 4.79 Å². The van der Waals surface area contributed by atoms with Crippen LogP contribution in [-0.2, 0) is 24.1 Å². The third-order valence-corrected chi connectivity index (χ3v) is 3.78. The van der Waals surface area contributed by atoms with Crippen LogP contribution in [0, 0.1) is 0 Å². The fourth-order valence-corrected chi connectivity index (χ4v) is 2.73. The van der Waals surface area contributed by atoms with Gasteiger partial charge in [0, 0.05) is 18.3 Å². The molecular formula is C16H18N2O2. The molecule has 0 fully saturated rings. The number of aromatic amines is 1. The molecule has 0 atom stereocenters. The number of H-pyrrole nitrogens is 1. The second-order valence-electron chi connectivity index (χ2n) is 5.14. The summed E-state index contributed by atoms with van der Waals surface area (Å²) in [6.45, 7) is 0.732. The van der Waals surface area contributed by atoms with Gasteiger partial charge in [0.05, 0.1) is 7.11 Å². The molecule has 0 radical (unpaired) electrons. The number of benzene rings is 1. The van der Waals surface area contributed by atoms with E-state index < -0.39 is 0 Å². The van der Waals surface area contributed by atoms with Crippen LogP contribution in [0.25, 0.3) is 0 Å². The van der Waals surface area contributed by atoms with Gasteiger partial charge in [0.15, 0.2) is 0 Å². The lowest BCUT2D eigenvalue weighted by Gasteiger charge is -2.10. The Bertz CT molecular complexity index is 593. The van der Waals surface area contributed by atoms with Crippen LogP contribution < -0.4 is 5.32 Å². The highest BCUT2D eigenvalue weighted by Crippen LogP contribution is 2.21. The van der Waals surface area contributed by atoms with Crippen molar-refractivity contribution in [2.45, 2.75) is 25.4 Å². The van der Waals surface area contributed by atoms with Crippen molar-refractivity contribution in [2.75, 3.05) is 7.11 Å². The number of esters is 1. The average molecular weight is 270 g/mol. The zero-order valence-corrected chi connectivity index (χ0v) is 11.5. The lowest BCUT2D eigenvalue weighted by molar-refractivity contribution is 0.0594. The summed E-state index contributed by atoms with van der Waals surface area (Å²) in [6.07, 6.45) is 2.14. The van der Waals surface area contributed by atoms with Gasteiger partial charge < -0.3 is 15.0 Å². The molecule has 0 aliphatic heterocycles. The Labute approximate surface area is 118 Å². The van der Waals surface area contributed by atoms with Gasteiger partial charge in [-0.15, -0.1) is 0 Å². The second kappa shape index (κ2) is 5.51. The van der Waals surface area contributed by atoms with E-state index in [1.807, 2.05) is 6.07 Å². The van der Waals surface area contributed by atoms with Gasteiger partial charge in [0.1, 0.15) is 5.69 Å². The summed E-state index contributed by atoms with van der Waals surface area (Å²) in [7, 11) is 1.39. The molecule has 104 valence electrons. The maximum absolute atomic E-state index is 11.4. The summed E-state index contributed by atoms with van der Waals surface area (Å²) in [5, 5.41) is 3.53. The first-order valence-electron chi connectivity index (χ1n) is 6.82. The standard InChI is InChI=1S/C16H18N2O2/c1-20-16(19)15-7-6-13(18-15)10-17-14-8-11-4-2-3-5-12(11)9-14/h2-7,14,17-18H,8-10H2,1H3. The van der Waals surface area contributed by atoms with Crippen LogP contribution in [0.2, 0.25) is 0 Å². The minimum atomic E-state index is -0.329. The fourth-order valence-electron chi connectivity index (χ4n) is 2.73. The third kappa shape index (κ3) is 2.60. The van der Waals surface area contributed by atoms with Gasteiger partial charge in [-0.3, -0.25) is 0 Å². The molecule has 2 N–H and O–H groups in total. The van der Waals surface area contributed by atoms with Crippen molar-refractivity contribution >= 4 is 5.97 Å². The Kier molecular flexibility index (Phi) is 3.56. The number of hydrogen-bond donors (Lipinski definition) is 2. The first-order chi connectivity index (χ1) is 9.76. The minimum absolute atomic E-state index is 0.329. The van der Waals surface area contributed by atoms with Gasteiger partial charge in [0.2, 0.25) is 0 Å². The molecule has 1 aromatic carbocycles. The molecule has 1 aliphatic carbocycles. The summed E-state index contributed by atoms with van der Waals surface area (Å²) in [6, 6.07) is 12.7. The van der Waals surface area contributed by atoms with E-state index in [1.54, 1.807) is 6.07 Å². The number of ether oxygens (including phenoxy) is 1. The monoisotopic (exact) mass is 270 g/mol. The molecule has 0 spiro atoms. The summed E-state index contributed by atoms with van der Waals surface area (Å²) < 4.78 is 4.68. The molecular weight excluding hydrogens is 252 g/mol. The first kappa shape index (κ1) is 12.9. The van der Waals surface area contributed by atoms with E-state index in [4.69, 9.17) is 0 Å². The van der Waals surface area contributed by atoms with Crippen LogP contribution >= 0.6 is 0 Å². The van der Waals surface area contributed by atoms with Crippen LogP contribution in [0.3, 0.4) is 0 Å². The smallest absolute Gasteiger partial charge is 0.354 e. The van der Waals surface area contributed by atoms with E-state index in [2.05, 4.69) is 39.3 Å². The Balaban J connectivity index is 1.56. The van der Waals surface area contributed by atoms with Crippen molar-refractivity contribution in [3.05, 3.63) is 58.9 Å². The van der Waals surface area contributed by atoms with Gasteiger partial charge >= 0.3 is 5.97 Å². The molecule has 1 aliphatic rings. The molecule has 1 heterocycles. The molecule has 1 aromatic heterocycles. The second-order valence-corrected chi connectivity index (χ2v) is 5.14. The highest BCUT2D eigenvalue weighted by Gasteiger charge is 2.20. The van der Waals surface area contributed by atoms with Crippen molar-refractivity contribution in [3.63, 3.8) is 0 Å². The molecule has 0 unspecified atom stereocenters. The van der Waals surface area contributed by atoms with Gasteiger partial charge in [-0.05, 0) is 36.1 Å². The number of carbonyl (C=O) groups is 1. The number of nitrogens with one attached hydrogen (secondary N) is 2. The van der Waals surface area contributed by atoms with E-state index in [0.717, 1.165) is 25.1 Å². The molecule has 20 heavy (non-hydrogen) atoms. The number of carbonyl (C=O) groups excluding carboxylic acids is 1. The van der Waals surface area contributed by atoms with Crippen molar-refractivity contribution in [1.29, 1.82) is 0 Å². The summed E-state index contributed by atoms with van der Waals surface area (Å²) in [5.41, 5.74) is 4.37. The first-order valence-corrected chi connectivity index (χ1v) is 6.82. The maximum Gasteiger partial charge on any atom is 0.354 e. The van der Waals surface area contributed by atoms with Crippen molar-refractivity contribution in [2.24, 2.45) is 0 Å². The highest BCUT2D eigenvalue weighted by atomic mass is 16.5. The molecule has 4 nitrogen and oxygen atoms in total. The lowest BCUT2D eigenvalue weighted by atomic mass is 10.1. The normalized spacial score (nSPS) is 14.2. The topological polar surface area (TPSA) is 54.1 Å². The Morgan fingerprint density at radius 3 is 2.60 bits per heavy atom. The summed E-state index contributed by atoms with van der Waals surface area (Å²) in [4.78, 5) is 14.4. The molecule has 4 heteroatoms. The molecule has 2 aromatic rings. The van der Waals surface area contributed by atoms with E-state index >= 15 is 0 Å². The number of rotatable bonds is 4. The maximum atomic E-state index is 11.4. The number of hydrogen-bond acceptors (Lipinski definition) is 3. The minimum Gasteiger partial charge on any atom is -0.464 e. The average Bonchev–Trinajstić information content (AvgIpc) is 3.10. The van der Waals surface area contributed by atoms with E-state index in [1.165, 1.54) is 18.2 Å². The fraction of sp³-hybridized carbons (Fsp3) is 0.312. The largest absolute Gasteiger partial charge is 0.464 e.